The number of nitro groups is 1. The minimum Gasteiger partial charge on any atom is -0.496 e. The summed E-state index contributed by atoms with van der Waals surface area (Å²) in [6, 6.07) is 4.57. The molecule has 6 nitrogen and oxygen atoms in total. The van der Waals surface area contributed by atoms with Crippen LogP contribution in [0.3, 0.4) is 0 Å². The molecule has 0 heterocycles. The Labute approximate surface area is 104 Å². The van der Waals surface area contributed by atoms with Crippen molar-refractivity contribution in [3.63, 3.8) is 0 Å². The van der Waals surface area contributed by atoms with E-state index in [1.165, 1.54) is 39.4 Å². The number of hydrogen-bond donors (Lipinski definition) is 0. The smallest absolute Gasteiger partial charge is 0.337 e. The highest BCUT2D eigenvalue weighted by Crippen LogP contribution is 2.23. The lowest BCUT2D eigenvalue weighted by Crippen LogP contribution is -2.02. The molecule has 0 aromatic heterocycles. The van der Waals surface area contributed by atoms with Crippen molar-refractivity contribution in [2.24, 2.45) is 0 Å². The molecule has 0 aliphatic rings. The first-order chi connectivity index (χ1) is 8.49. The van der Waals surface area contributed by atoms with Gasteiger partial charge in [0, 0.05) is 18.6 Å². The van der Waals surface area contributed by atoms with Crippen LogP contribution in [0.25, 0.3) is 6.08 Å². The van der Waals surface area contributed by atoms with Gasteiger partial charge in [-0.05, 0) is 12.1 Å². The zero-order valence-electron chi connectivity index (χ0n) is 10.3. The molecule has 0 fully saturated rings. The molecule has 0 aliphatic heterocycles. The molecule has 0 bridgehead atoms. The van der Waals surface area contributed by atoms with Crippen molar-refractivity contribution in [1.82, 2.24) is 0 Å². The van der Waals surface area contributed by atoms with E-state index in [-0.39, 0.29) is 5.70 Å². The second-order valence-electron chi connectivity index (χ2n) is 3.49. The van der Waals surface area contributed by atoms with Crippen LogP contribution in [0.15, 0.2) is 23.9 Å². The van der Waals surface area contributed by atoms with Gasteiger partial charge in [0.1, 0.15) is 5.75 Å². The summed E-state index contributed by atoms with van der Waals surface area (Å²) in [5.74, 6) is -0.117. The van der Waals surface area contributed by atoms with Gasteiger partial charge in [-0.15, -0.1) is 0 Å². The van der Waals surface area contributed by atoms with Crippen LogP contribution in [0, 0.1) is 10.1 Å². The third-order valence-corrected chi connectivity index (χ3v) is 2.31. The van der Waals surface area contributed by atoms with E-state index in [1.54, 1.807) is 6.07 Å². The molecule has 1 rings (SSSR count). The van der Waals surface area contributed by atoms with Gasteiger partial charge in [-0.3, -0.25) is 10.1 Å². The molecule has 1 aromatic carbocycles. The molecule has 0 N–H and O–H groups in total. The van der Waals surface area contributed by atoms with Crippen LogP contribution in [0.5, 0.6) is 5.75 Å². The fourth-order valence-corrected chi connectivity index (χ4v) is 1.35. The Kier molecular flexibility index (Phi) is 4.42. The summed E-state index contributed by atoms with van der Waals surface area (Å²) in [5.41, 5.74) is 0.837. The second-order valence-corrected chi connectivity index (χ2v) is 3.49. The van der Waals surface area contributed by atoms with Gasteiger partial charge in [0.05, 0.1) is 24.7 Å². The molecule has 0 saturated carbocycles. The molecule has 18 heavy (non-hydrogen) atoms. The summed E-state index contributed by atoms with van der Waals surface area (Å²) in [6.45, 7) is 1.38. The van der Waals surface area contributed by atoms with Gasteiger partial charge in [-0.1, -0.05) is 6.07 Å². The van der Waals surface area contributed by atoms with Crippen LogP contribution in [-0.4, -0.2) is 25.1 Å². The Morgan fingerprint density at radius 1 is 1.39 bits per heavy atom. The zero-order chi connectivity index (χ0) is 13.7. The normalized spacial score (nSPS) is 10.9. The van der Waals surface area contributed by atoms with E-state index in [1.807, 2.05) is 0 Å². The summed E-state index contributed by atoms with van der Waals surface area (Å²) in [5, 5.41) is 10.5. The van der Waals surface area contributed by atoms with Crippen molar-refractivity contribution in [3.8, 4) is 5.75 Å². The predicted molar refractivity (Wildman–Crippen MR) is 65.0 cm³/mol. The molecular formula is C12H13NO5. The van der Waals surface area contributed by atoms with E-state index in [0.29, 0.717) is 16.9 Å². The third-order valence-electron chi connectivity index (χ3n) is 2.31. The first kappa shape index (κ1) is 13.7. The maximum absolute atomic E-state index is 11.3. The van der Waals surface area contributed by atoms with Crippen molar-refractivity contribution in [2.75, 3.05) is 14.2 Å². The molecule has 0 radical (unpaired) electrons. The van der Waals surface area contributed by atoms with Crippen molar-refractivity contribution < 1.29 is 19.2 Å². The van der Waals surface area contributed by atoms with Gasteiger partial charge in [0.25, 0.3) is 0 Å². The van der Waals surface area contributed by atoms with Crippen LogP contribution < -0.4 is 4.74 Å². The number of esters is 1. The zero-order valence-corrected chi connectivity index (χ0v) is 10.3. The van der Waals surface area contributed by atoms with Gasteiger partial charge in [0.15, 0.2) is 0 Å². The maximum Gasteiger partial charge on any atom is 0.337 e. The monoisotopic (exact) mass is 251 g/mol. The van der Waals surface area contributed by atoms with Crippen LogP contribution >= 0.6 is 0 Å². The number of benzene rings is 1. The Hall–Kier alpha value is -2.37. The van der Waals surface area contributed by atoms with Crippen LogP contribution in [0.1, 0.15) is 22.8 Å². The summed E-state index contributed by atoms with van der Waals surface area (Å²) < 4.78 is 9.66. The molecule has 0 spiro atoms. The van der Waals surface area contributed by atoms with Crippen molar-refractivity contribution in [3.05, 3.63) is 45.1 Å². The number of methoxy groups -OCH3 is 2. The Balaban J connectivity index is 3.20. The van der Waals surface area contributed by atoms with Crippen LogP contribution in [0.4, 0.5) is 0 Å². The Morgan fingerprint density at radius 3 is 2.56 bits per heavy atom. The van der Waals surface area contributed by atoms with E-state index in [9.17, 15) is 14.9 Å². The summed E-state index contributed by atoms with van der Waals surface area (Å²) in [7, 11) is 2.70. The topological polar surface area (TPSA) is 78.7 Å². The lowest BCUT2D eigenvalue weighted by molar-refractivity contribution is -0.422. The van der Waals surface area contributed by atoms with E-state index in [0.717, 1.165) is 0 Å². The van der Waals surface area contributed by atoms with Crippen LogP contribution in [0.2, 0.25) is 0 Å². The highest BCUT2D eigenvalue weighted by atomic mass is 16.6. The molecule has 0 unspecified atom stereocenters. The quantitative estimate of drug-likeness (QED) is 0.465. The number of ether oxygens (including phenoxy) is 2. The summed E-state index contributed by atoms with van der Waals surface area (Å²) in [4.78, 5) is 21.4. The van der Waals surface area contributed by atoms with E-state index >= 15 is 0 Å². The first-order valence-electron chi connectivity index (χ1n) is 5.08. The van der Waals surface area contributed by atoms with Gasteiger partial charge in [-0.2, -0.15) is 0 Å². The van der Waals surface area contributed by atoms with E-state index in [4.69, 9.17) is 4.74 Å². The molecule has 0 saturated heterocycles. The fourth-order valence-electron chi connectivity index (χ4n) is 1.35. The molecule has 6 heteroatoms. The van der Waals surface area contributed by atoms with Crippen molar-refractivity contribution in [1.29, 1.82) is 0 Å². The average molecular weight is 251 g/mol. The second kappa shape index (κ2) is 5.81. The number of carbonyl (C=O) groups excluding carboxylic acids is 1. The minimum absolute atomic E-state index is 0.0147. The Morgan fingerprint density at radius 2 is 2.06 bits per heavy atom. The van der Waals surface area contributed by atoms with Gasteiger partial charge < -0.3 is 9.47 Å². The number of nitrogens with zero attached hydrogens (tertiary/aromatic N) is 1. The SMILES string of the molecule is COC(=O)c1ccc(C=C(C)[N+](=O)[O-])c(OC)c1. The molecule has 0 atom stereocenters. The minimum atomic E-state index is -0.492. The molecule has 96 valence electrons. The standard InChI is InChI=1S/C12H13NO5/c1-8(13(15)16)6-9-4-5-10(12(14)18-3)7-11(9)17-2/h4-7H,1-3H3. The van der Waals surface area contributed by atoms with E-state index < -0.39 is 10.9 Å². The number of hydrogen-bond acceptors (Lipinski definition) is 5. The lowest BCUT2D eigenvalue weighted by Gasteiger charge is -2.06. The third kappa shape index (κ3) is 3.07. The summed E-state index contributed by atoms with van der Waals surface area (Å²) in [6.07, 6.45) is 1.37. The number of allylic oxidation sites excluding steroid dienone is 1. The van der Waals surface area contributed by atoms with Crippen molar-refractivity contribution in [2.45, 2.75) is 6.92 Å². The van der Waals surface area contributed by atoms with Crippen LogP contribution in [-0.2, 0) is 4.74 Å². The van der Waals surface area contributed by atoms with E-state index in [2.05, 4.69) is 4.74 Å². The first-order valence-corrected chi connectivity index (χ1v) is 5.08. The highest BCUT2D eigenvalue weighted by Gasteiger charge is 2.11. The van der Waals surface area contributed by atoms with Gasteiger partial charge in [0.2, 0.25) is 5.70 Å². The van der Waals surface area contributed by atoms with Gasteiger partial charge >= 0.3 is 5.97 Å². The maximum atomic E-state index is 11.3. The Bertz CT molecular complexity index is 507. The lowest BCUT2D eigenvalue weighted by atomic mass is 10.1. The predicted octanol–water partition coefficient (Wildman–Crippen LogP) is 2.12. The average Bonchev–Trinajstić information content (AvgIpc) is 2.37. The number of carbonyl (C=O) groups is 1. The molecule has 1 aromatic rings. The van der Waals surface area contributed by atoms with Crippen molar-refractivity contribution >= 4 is 12.0 Å². The summed E-state index contributed by atoms with van der Waals surface area (Å²) >= 11 is 0. The fraction of sp³-hybridized carbons (Fsp3) is 0.250. The van der Waals surface area contributed by atoms with Gasteiger partial charge in [-0.25, -0.2) is 4.79 Å². The molecular weight excluding hydrogens is 238 g/mol. The molecule has 0 amide bonds. The number of rotatable bonds is 4. The highest BCUT2D eigenvalue weighted by molar-refractivity contribution is 5.90. The molecule has 0 aliphatic carbocycles. The largest absolute Gasteiger partial charge is 0.496 e.